The SMILES string of the molecule is O=C(NNC(=O)c1ccc2nc[nH]c2c1)c1ccncc1. The second-order valence-corrected chi connectivity index (χ2v) is 4.28. The summed E-state index contributed by atoms with van der Waals surface area (Å²) in [6, 6.07) is 8.13. The number of benzene rings is 1. The van der Waals surface area contributed by atoms with Gasteiger partial charge in [0.15, 0.2) is 0 Å². The highest BCUT2D eigenvalue weighted by Gasteiger charge is 2.09. The fraction of sp³-hybridized carbons (Fsp3) is 0. The van der Waals surface area contributed by atoms with Crippen molar-refractivity contribution in [3.63, 3.8) is 0 Å². The van der Waals surface area contributed by atoms with E-state index in [-0.39, 0.29) is 0 Å². The van der Waals surface area contributed by atoms with Gasteiger partial charge in [0.05, 0.1) is 17.4 Å². The Hall–Kier alpha value is -3.22. The van der Waals surface area contributed by atoms with Gasteiger partial charge < -0.3 is 4.98 Å². The highest BCUT2D eigenvalue weighted by molar-refractivity contribution is 6.00. The predicted octanol–water partition coefficient (Wildman–Crippen LogP) is 1.03. The Morgan fingerprint density at radius 2 is 1.67 bits per heavy atom. The monoisotopic (exact) mass is 281 g/mol. The van der Waals surface area contributed by atoms with Crippen LogP contribution >= 0.6 is 0 Å². The van der Waals surface area contributed by atoms with Crippen LogP contribution in [0.2, 0.25) is 0 Å². The van der Waals surface area contributed by atoms with Gasteiger partial charge in [-0.1, -0.05) is 0 Å². The van der Waals surface area contributed by atoms with E-state index in [1.54, 1.807) is 36.7 Å². The lowest BCUT2D eigenvalue weighted by atomic mass is 10.2. The van der Waals surface area contributed by atoms with Gasteiger partial charge in [-0.15, -0.1) is 0 Å². The van der Waals surface area contributed by atoms with Crippen LogP contribution in [-0.2, 0) is 0 Å². The molecule has 3 N–H and O–H groups in total. The summed E-state index contributed by atoms with van der Waals surface area (Å²) >= 11 is 0. The summed E-state index contributed by atoms with van der Waals surface area (Å²) < 4.78 is 0. The van der Waals surface area contributed by atoms with Crippen LogP contribution in [0.4, 0.5) is 0 Å². The van der Waals surface area contributed by atoms with Gasteiger partial charge >= 0.3 is 0 Å². The number of aromatic amines is 1. The molecule has 3 rings (SSSR count). The van der Waals surface area contributed by atoms with Crippen LogP contribution in [0.5, 0.6) is 0 Å². The van der Waals surface area contributed by atoms with Gasteiger partial charge in [-0.3, -0.25) is 25.4 Å². The van der Waals surface area contributed by atoms with Crippen molar-refractivity contribution in [3.05, 3.63) is 60.2 Å². The number of aromatic nitrogens is 3. The van der Waals surface area contributed by atoms with Crippen molar-refractivity contribution in [2.75, 3.05) is 0 Å². The minimum atomic E-state index is -0.409. The summed E-state index contributed by atoms with van der Waals surface area (Å²) in [7, 11) is 0. The molecule has 104 valence electrons. The molecule has 0 spiro atoms. The van der Waals surface area contributed by atoms with Crippen molar-refractivity contribution in [1.82, 2.24) is 25.8 Å². The molecule has 1 aromatic carbocycles. The normalized spacial score (nSPS) is 10.3. The maximum absolute atomic E-state index is 12.0. The smallest absolute Gasteiger partial charge is 0.269 e. The van der Waals surface area contributed by atoms with E-state index in [4.69, 9.17) is 0 Å². The maximum atomic E-state index is 12.0. The summed E-state index contributed by atoms with van der Waals surface area (Å²) in [5, 5.41) is 0. The van der Waals surface area contributed by atoms with Crippen LogP contribution in [0.3, 0.4) is 0 Å². The lowest BCUT2D eigenvalue weighted by Gasteiger charge is -2.07. The summed E-state index contributed by atoms with van der Waals surface area (Å²) in [6.45, 7) is 0. The van der Waals surface area contributed by atoms with E-state index < -0.39 is 11.8 Å². The third kappa shape index (κ3) is 2.71. The van der Waals surface area contributed by atoms with Crippen molar-refractivity contribution in [3.8, 4) is 0 Å². The number of hydrazine groups is 1. The second kappa shape index (κ2) is 5.41. The number of carbonyl (C=O) groups is 2. The van der Waals surface area contributed by atoms with Crippen LogP contribution in [0, 0.1) is 0 Å². The minimum absolute atomic E-state index is 0.408. The third-order valence-corrected chi connectivity index (χ3v) is 2.91. The number of H-pyrrole nitrogens is 1. The molecule has 0 aliphatic carbocycles. The molecule has 0 aliphatic rings. The van der Waals surface area contributed by atoms with Gasteiger partial charge in [-0.25, -0.2) is 4.98 Å². The predicted molar refractivity (Wildman–Crippen MR) is 75.3 cm³/mol. The van der Waals surface area contributed by atoms with Crippen molar-refractivity contribution >= 4 is 22.8 Å². The standard InChI is InChI=1S/C14H11N5O2/c20-13(9-3-5-15-6-4-9)18-19-14(21)10-1-2-11-12(7-10)17-8-16-11/h1-8H,(H,16,17)(H,18,20)(H,19,21). The topological polar surface area (TPSA) is 99.8 Å². The molecule has 21 heavy (non-hydrogen) atoms. The number of carbonyl (C=O) groups excluding carboxylic acids is 2. The van der Waals surface area contributed by atoms with Gasteiger partial charge in [0, 0.05) is 23.5 Å². The average Bonchev–Trinajstić information content (AvgIpc) is 3.00. The van der Waals surface area contributed by atoms with Crippen molar-refractivity contribution in [2.45, 2.75) is 0 Å². The van der Waals surface area contributed by atoms with Crippen LogP contribution in [0.15, 0.2) is 49.1 Å². The van der Waals surface area contributed by atoms with E-state index in [1.807, 2.05) is 0 Å². The molecule has 0 radical (unpaired) electrons. The van der Waals surface area contributed by atoms with E-state index in [1.165, 1.54) is 12.4 Å². The third-order valence-electron chi connectivity index (χ3n) is 2.91. The number of nitrogens with one attached hydrogen (secondary N) is 3. The molecule has 0 atom stereocenters. The van der Waals surface area contributed by atoms with Crippen LogP contribution in [-0.4, -0.2) is 26.8 Å². The largest absolute Gasteiger partial charge is 0.345 e. The minimum Gasteiger partial charge on any atom is -0.345 e. The highest BCUT2D eigenvalue weighted by Crippen LogP contribution is 2.11. The zero-order valence-electron chi connectivity index (χ0n) is 10.8. The molecular formula is C14H11N5O2. The number of rotatable bonds is 2. The Kier molecular flexibility index (Phi) is 3.30. The Morgan fingerprint density at radius 1 is 0.952 bits per heavy atom. The zero-order chi connectivity index (χ0) is 14.7. The van der Waals surface area contributed by atoms with Crippen molar-refractivity contribution in [1.29, 1.82) is 0 Å². The summed E-state index contributed by atoms with van der Waals surface area (Å²) in [5.41, 5.74) is 7.06. The van der Waals surface area contributed by atoms with Crippen LogP contribution in [0.1, 0.15) is 20.7 Å². The Labute approximate surface area is 119 Å². The molecule has 2 aromatic heterocycles. The molecule has 0 fully saturated rings. The maximum Gasteiger partial charge on any atom is 0.269 e. The van der Waals surface area contributed by atoms with E-state index in [2.05, 4.69) is 25.8 Å². The fourth-order valence-electron chi connectivity index (χ4n) is 1.84. The summed E-state index contributed by atoms with van der Waals surface area (Å²) in [6.07, 6.45) is 4.56. The highest BCUT2D eigenvalue weighted by atomic mass is 16.2. The fourth-order valence-corrected chi connectivity index (χ4v) is 1.84. The number of nitrogens with zero attached hydrogens (tertiary/aromatic N) is 2. The van der Waals surface area contributed by atoms with Gasteiger partial charge in [0.1, 0.15) is 0 Å². The first-order chi connectivity index (χ1) is 10.2. The molecular weight excluding hydrogens is 270 g/mol. The van der Waals surface area contributed by atoms with Gasteiger partial charge in [-0.2, -0.15) is 0 Å². The molecule has 0 saturated heterocycles. The van der Waals surface area contributed by atoms with Crippen LogP contribution < -0.4 is 10.9 Å². The van der Waals surface area contributed by atoms with E-state index in [0.29, 0.717) is 11.1 Å². The number of amides is 2. The van der Waals surface area contributed by atoms with Crippen LogP contribution in [0.25, 0.3) is 11.0 Å². The van der Waals surface area contributed by atoms with E-state index >= 15 is 0 Å². The Morgan fingerprint density at radius 3 is 2.43 bits per heavy atom. The first-order valence-corrected chi connectivity index (χ1v) is 6.18. The van der Waals surface area contributed by atoms with Crippen molar-refractivity contribution < 1.29 is 9.59 Å². The number of hydrogen-bond donors (Lipinski definition) is 3. The molecule has 7 heteroatoms. The molecule has 2 amide bonds. The van der Waals surface area contributed by atoms with Gasteiger partial charge in [-0.05, 0) is 30.3 Å². The Bertz CT molecular complexity index is 797. The lowest BCUT2D eigenvalue weighted by Crippen LogP contribution is -2.41. The number of hydrogen-bond acceptors (Lipinski definition) is 4. The molecule has 0 aliphatic heterocycles. The average molecular weight is 281 g/mol. The molecule has 0 bridgehead atoms. The van der Waals surface area contributed by atoms with Gasteiger partial charge in [0.25, 0.3) is 11.8 Å². The summed E-state index contributed by atoms with van der Waals surface area (Å²) in [5.74, 6) is -0.817. The molecule has 3 aromatic rings. The molecule has 0 unspecified atom stereocenters. The lowest BCUT2D eigenvalue weighted by molar-refractivity contribution is 0.0846. The summed E-state index contributed by atoms with van der Waals surface area (Å²) in [4.78, 5) is 34.6. The molecule has 0 saturated carbocycles. The first kappa shape index (κ1) is 12.8. The van der Waals surface area contributed by atoms with Gasteiger partial charge in [0.2, 0.25) is 0 Å². The second-order valence-electron chi connectivity index (χ2n) is 4.28. The Balaban J connectivity index is 1.67. The molecule has 2 heterocycles. The number of fused-ring (bicyclic) bond motifs is 1. The quantitative estimate of drug-likeness (QED) is 0.611. The first-order valence-electron chi connectivity index (χ1n) is 6.18. The number of imidazole rings is 1. The van der Waals surface area contributed by atoms with Crippen molar-refractivity contribution in [2.24, 2.45) is 0 Å². The van der Waals surface area contributed by atoms with E-state index in [0.717, 1.165) is 11.0 Å². The zero-order valence-corrected chi connectivity index (χ0v) is 10.8. The van der Waals surface area contributed by atoms with E-state index in [9.17, 15) is 9.59 Å². The number of pyridine rings is 1. The molecule has 7 nitrogen and oxygen atoms in total.